The van der Waals surface area contributed by atoms with E-state index in [0.29, 0.717) is 52.4 Å². The van der Waals surface area contributed by atoms with Crippen molar-refractivity contribution in [2.75, 3.05) is 11.5 Å². The summed E-state index contributed by atoms with van der Waals surface area (Å²) in [6.45, 7) is 6.50. The number of aryl methyl sites for hydroxylation is 1. The van der Waals surface area contributed by atoms with E-state index in [4.69, 9.17) is 16.3 Å². The van der Waals surface area contributed by atoms with Gasteiger partial charge in [-0.3, -0.25) is 19.4 Å². The molecule has 5 aromatic rings. The number of para-hydroxylation sites is 1. The number of amides is 1. The van der Waals surface area contributed by atoms with Crippen LogP contribution in [0.1, 0.15) is 30.2 Å². The van der Waals surface area contributed by atoms with Crippen LogP contribution in [0.15, 0.2) is 77.7 Å². The van der Waals surface area contributed by atoms with Gasteiger partial charge in [-0.25, -0.2) is 4.68 Å². The van der Waals surface area contributed by atoms with Gasteiger partial charge in [0.2, 0.25) is 0 Å². The third-order valence-electron chi connectivity index (χ3n) is 9.64. The number of aromatic amines is 1. The Morgan fingerprint density at radius 2 is 1.89 bits per heavy atom. The average Bonchev–Trinajstić information content (AvgIpc) is 3.77. The van der Waals surface area contributed by atoms with Crippen molar-refractivity contribution in [3.05, 3.63) is 105 Å². The first kappa shape index (κ1) is 31.5. The van der Waals surface area contributed by atoms with Crippen molar-refractivity contribution in [2.45, 2.75) is 63.2 Å². The molecule has 1 fully saturated rings. The number of carbonyl (C=O) groups excluding carboxylic acids is 1. The van der Waals surface area contributed by atoms with E-state index in [1.807, 2.05) is 74.6 Å². The molecule has 3 N–H and O–H groups in total. The van der Waals surface area contributed by atoms with Crippen LogP contribution in [0.25, 0.3) is 16.6 Å². The molecule has 2 aromatic heterocycles. The Morgan fingerprint density at radius 1 is 1.09 bits per heavy atom. The van der Waals surface area contributed by atoms with Gasteiger partial charge in [0, 0.05) is 47.8 Å². The molecule has 13 heteroatoms. The molecule has 2 aliphatic rings. The summed E-state index contributed by atoms with van der Waals surface area (Å²) in [5, 5.41) is 21.9. The van der Waals surface area contributed by atoms with E-state index in [1.54, 1.807) is 27.9 Å². The van der Waals surface area contributed by atoms with Crippen LogP contribution in [0, 0.1) is 5.92 Å². The summed E-state index contributed by atoms with van der Waals surface area (Å²) < 4.78 is 10.1. The maximum absolute atomic E-state index is 14.8. The predicted octanol–water partition coefficient (Wildman–Crippen LogP) is 4.53. The fourth-order valence-corrected chi connectivity index (χ4v) is 10.4. The number of ether oxygens (including phenoxy) is 1. The van der Waals surface area contributed by atoms with Crippen LogP contribution in [0.2, 0.25) is 23.7 Å². The van der Waals surface area contributed by atoms with Crippen LogP contribution >= 0.6 is 11.6 Å². The number of fused-ring (bicyclic) bond motifs is 3. The van der Waals surface area contributed by atoms with Gasteiger partial charge in [0.25, 0.3) is 11.5 Å². The molecular weight excluding hydrogens is 636 g/mol. The predicted molar refractivity (Wildman–Crippen MR) is 181 cm³/mol. The van der Waals surface area contributed by atoms with Gasteiger partial charge in [-0.05, 0) is 67.5 Å². The standard InChI is InChI=1S/C34H37ClN6O5Si/c1-21-31(47(2,3)45)30(13-15-39-20-24(14-16-42)36-38-39)46-34(21)27-18-23(35)11-12-29(27)40(33(34)44)19-22-7-6-8-25(17-22)41-32(43)26-9-4-5-10-28(26)37-41/h4-12,17-18,20-21,30-31,37,42,45H,13-16,19H2,1-3H3/t21-,30+,31-,34+/m1/s1. The topological polar surface area (TPSA) is 138 Å². The van der Waals surface area contributed by atoms with Crippen LogP contribution in [0.5, 0.6) is 0 Å². The number of halogens is 1. The van der Waals surface area contributed by atoms with Crippen LogP contribution in [0.3, 0.4) is 0 Å². The smallest absolute Gasteiger partial charge is 0.279 e. The number of carbonyl (C=O) groups is 1. The van der Waals surface area contributed by atoms with Gasteiger partial charge < -0.3 is 19.5 Å². The first-order valence-electron chi connectivity index (χ1n) is 15.8. The van der Waals surface area contributed by atoms with E-state index < -0.39 is 20.0 Å². The Labute approximate surface area is 277 Å². The van der Waals surface area contributed by atoms with Gasteiger partial charge in [-0.1, -0.05) is 48.0 Å². The molecule has 2 aliphatic heterocycles. The zero-order valence-corrected chi connectivity index (χ0v) is 28.2. The largest absolute Gasteiger partial charge is 0.432 e. The van der Waals surface area contributed by atoms with Crippen LogP contribution in [-0.4, -0.2) is 61.6 Å². The Morgan fingerprint density at radius 3 is 2.66 bits per heavy atom. The lowest BCUT2D eigenvalue weighted by molar-refractivity contribution is -0.146. The number of hydrogen-bond acceptors (Lipinski definition) is 7. The number of rotatable bonds is 9. The molecule has 0 saturated carbocycles. The lowest BCUT2D eigenvalue weighted by atomic mass is 9.82. The molecule has 11 nitrogen and oxygen atoms in total. The number of nitrogens with zero attached hydrogens (tertiary/aromatic N) is 5. The van der Waals surface area contributed by atoms with Crippen molar-refractivity contribution in [3.63, 3.8) is 0 Å². The summed E-state index contributed by atoms with van der Waals surface area (Å²) in [4.78, 5) is 41.3. The first-order valence-corrected chi connectivity index (χ1v) is 19.2. The number of nitrogens with one attached hydrogen (secondary N) is 1. The molecule has 0 radical (unpaired) electrons. The first-order chi connectivity index (χ1) is 22.5. The molecule has 1 spiro atoms. The molecule has 1 saturated heterocycles. The zero-order valence-electron chi connectivity index (χ0n) is 26.4. The summed E-state index contributed by atoms with van der Waals surface area (Å²) >= 11 is 6.56. The van der Waals surface area contributed by atoms with E-state index in [-0.39, 0.29) is 36.1 Å². The zero-order chi connectivity index (χ0) is 33.1. The van der Waals surface area contributed by atoms with Gasteiger partial charge in [-0.15, -0.1) is 5.10 Å². The fourth-order valence-electron chi connectivity index (χ4n) is 7.63. The average molecular weight is 673 g/mol. The number of aliphatic hydroxyl groups excluding tert-OH is 1. The molecule has 4 heterocycles. The SMILES string of the molecule is C[C@@H]1[C@@H]([Si](C)(C)O)[C@H](CCn2cc(CCO)nn2)O[C@@]12C(=O)N(Cc1cccc(-n3[nH]c4ccccc4c3=O)c1)c1ccc(Cl)cc12. The summed E-state index contributed by atoms with van der Waals surface area (Å²) in [5.74, 6) is -0.543. The van der Waals surface area contributed by atoms with Crippen molar-refractivity contribution in [2.24, 2.45) is 5.92 Å². The number of benzene rings is 3. The molecule has 4 atom stereocenters. The van der Waals surface area contributed by atoms with Gasteiger partial charge in [0.1, 0.15) is 0 Å². The molecule has 0 unspecified atom stereocenters. The second-order valence-electron chi connectivity index (χ2n) is 13.1. The van der Waals surface area contributed by atoms with Crippen molar-refractivity contribution < 1.29 is 19.4 Å². The molecule has 0 bridgehead atoms. The summed E-state index contributed by atoms with van der Waals surface area (Å²) in [5.41, 5.74) is 2.60. The van der Waals surface area contributed by atoms with E-state index in [1.165, 1.54) is 4.68 Å². The molecule has 1 amide bonds. The number of aromatic nitrogens is 5. The highest BCUT2D eigenvalue weighted by molar-refractivity contribution is 6.71. The number of aliphatic hydroxyl groups is 1. The number of anilines is 1. The Balaban J connectivity index is 1.22. The highest BCUT2D eigenvalue weighted by Gasteiger charge is 2.66. The van der Waals surface area contributed by atoms with E-state index in [2.05, 4.69) is 15.4 Å². The van der Waals surface area contributed by atoms with Crippen molar-refractivity contribution in [1.29, 1.82) is 0 Å². The van der Waals surface area contributed by atoms with Gasteiger partial charge in [0.05, 0.1) is 40.6 Å². The minimum atomic E-state index is -2.86. The Kier molecular flexibility index (Phi) is 7.96. The highest BCUT2D eigenvalue weighted by atomic mass is 35.5. The monoisotopic (exact) mass is 672 g/mol. The van der Waals surface area contributed by atoms with Gasteiger partial charge >= 0.3 is 0 Å². The van der Waals surface area contributed by atoms with Crippen molar-refractivity contribution in [1.82, 2.24) is 24.8 Å². The third-order valence-corrected chi connectivity index (χ3v) is 12.4. The van der Waals surface area contributed by atoms with Gasteiger partial charge in [0.15, 0.2) is 13.9 Å². The normalized spacial score (nSPS) is 22.6. The summed E-state index contributed by atoms with van der Waals surface area (Å²) in [6, 6.07) is 20.4. The van der Waals surface area contributed by atoms with E-state index in [9.17, 15) is 19.5 Å². The molecule has 0 aliphatic carbocycles. The third kappa shape index (κ3) is 5.34. The maximum atomic E-state index is 14.8. The second kappa shape index (κ2) is 11.9. The minimum Gasteiger partial charge on any atom is -0.432 e. The van der Waals surface area contributed by atoms with E-state index in [0.717, 1.165) is 11.1 Å². The lowest BCUT2D eigenvalue weighted by Gasteiger charge is -2.32. The fraction of sp³-hybridized carbons (Fsp3) is 0.353. The Hall–Kier alpha value is -4.07. The second-order valence-corrected chi connectivity index (χ2v) is 17.5. The lowest BCUT2D eigenvalue weighted by Crippen LogP contribution is -2.46. The highest BCUT2D eigenvalue weighted by Crippen LogP contribution is 2.60. The van der Waals surface area contributed by atoms with Crippen molar-refractivity contribution >= 4 is 42.4 Å². The molecule has 47 heavy (non-hydrogen) atoms. The molecular formula is C34H37ClN6O5Si. The number of hydrogen-bond donors (Lipinski definition) is 3. The molecule has 7 rings (SSSR count). The molecule has 3 aromatic carbocycles. The quantitative estimate of drug-likeness (QED) is 0.196. The number of H-pyrrole nitrogens is 1. The van der Waals surface area contributed by atoms with Gasteiger partial charge in [-0.2, -0.15) is 0 Å². The van der Waals surface area contributed by atoms with Crippen LogP contribution in [-0.2, 0) is 34.6 Å². The minimum absolute atomic E-state index is 0.0107. The van der Waals surface area contributed by atoms with Crippen molar-refractivity contribution in [3.8, 4) is 5.69 Å². The molecule has 244 valence electrons. The Bertz CT molecular complexity index is 2030. The van der Waals surface area contributed by atoms with Crippen LogP contribution in [0.4, 0.5) is 5.69 Å². The van der Waals surface area contributed by atoms with E-state index >= 15 is 0 Å². The summed E-state index contributed by atoms with van der Waals surface area (Å²) in [6.07, 6.45) is 2.31. The van der Waals surface area contributed by atoms with Crippen LogP contribution < -0.4 is 10.5 Å². The summed E-state index contributed by atoms with van der Waals surface area (Å²) in [7, 11) is -2.86. The maximum Gasteiger partial charge on any atom is 0.279 e.